The Kier molecular flexibility index (Phi) is 5.62. The summed E-state index contributed by atoms with van der Waals surface area (Å²) in [5.74, 6) is 0.525. The largest absolute Gasteiger partial charge is 0.308 e. The van der Waals surface area contributed by atoms with Crippen LogP contribution in [0.3, 0.4) is 0 Å². The molecule has 3 nitrogen and oxygen atoms in total. The average Bonchev–Trinajstić information content (AvgIpc) is 2.64. The van der Waals surface area contributed by atoms with Crippen molar-refractivity contribution in [3.63, 3.8) is 0 Å². The predicted molar refractivity (Wildman–Crippen MR) is 74.4 cm³/mol. The van der Waals surface area contributed by atoms with Crippen LogP contribution in [0, 0.1) is 6.92 Å². The monoisotopic (exact) mass is 275 g/mol. The van der Waals surface area contributed by atoms with Crippen LogP contribution in [0.4, 0.5) is 0 Å². The number of thiophene rings is 1. The molecule has 1 N–H and O–H groups in total. The van der Waals surface area contributed by atoms with E-state index in [0.29, 0.717) is 18.7 Å². The molecule has 0 aliphatic carbocycles. The van der Waals surface area contributed by atoms with Crippen LogP contribution in [0.2, 0.25) is 0 Å². The number of hydrogen-bond donors (Lipinski definition) is 1. The molecule has 0 aliphatic heterocycles. The molecule has 0 aromatic carbocycles. The van der Waals surface area contributed by atoms with Crippen molar-refractivity contribution in [1.82, 2.24) is 5.32 Å². The summed E-state index contributed by atoms with van der Waals surface area (Å²) in [6, 6.07) is 4.41. The molecule has 0 spiro atoms. The van der Waals surface area contributed by atoms with Crippen molar-refractivity contribution in [3.05, 3.63) is 21.9 Å². The first-order chi connectivity index (χ1) is 7.94. The van der Waals surface area contributed by atoms with E-state index in [0.717, 1.165) is 0 Å². The summed E-state index contributed by atoms with van der Waals surface area (Å²) in [5, 5.41) is 3.26. The van der Waals surface area contributed by atoms with Gasteiger partial charge in [-0.3, -0.25) is 0 Å². The Bertz CT molecular complexity index is 437. The molecule has 1 heterocycles. The minimum Gasteiger partial charge on any atom is -0.308 e. The molecular weight excluding hydrogens is 254 g/mol. The zero-order valence-corrected chi connectivity index (χ0v) is 12.3. The average molecular weight is 275 g/mol. The van der Waals surface area contributed by atoms with Crippen LogP contribution >= 0.6 is 11.3 Å². The normalized spacial score (nSPS) is 13.8. The smallest absolute Gasteiger partial charge is 0.151 e. The standard InChI is InChI=1S/C12H21NO2S2/c1-4-8-17(14,15)9-7-13-11(3)12-6-5-10(2)16-12/h5-6,11,13H,4,7-9H2,1-3H3. The molecule has 0 fully saturated rings. The third-order valence-electron chi connectivity index (χ3n) is 2.57. The Labute approximate surface area is 108 Å². The van der Waals surface area contributed by atoms with Crippen molar-refractivity contribution in [1.29, 1.82) is 0 Å². The van der Waals surface area contributed by atoms with E-state index < -0.39 is 9.84 Å². The van der Waals surface area contributed by atoms with Gasteiger partial charge in [0.05, 0.1) is 5.75 Å². The fraction of sp³-hybridized carbons (Fsp3) is 0.667. The zero-order chi connectivity index (χ0) is 12.9. The first-order valence-electron chi connectivity index (χ1n) is 5.94. The first-order valence-corrected chi connectivity index (χ1v) is 8.58. The van der Waals surface area contributed by atoms with Gasteiger partial charge in [-0.25, -0.2) is 8.42 Å². The Balaban J connectivity index is 2.37. The minimum absolute atomic E-state index is 0.227. The van der Waals surface area contributed by atoms with Crippen LogP contribution in [0.15, 0.2) is 12.1 Å². The molecule has 5 heteroatoms. The molecule has 0 saturated heterocycles. The highest BCUT2D eigenvalue weighted by Gasteiger charge is 2.11. The van der Waals surface area contributed by atoms with Gasteiger partial charge in [-0.05, 0) is 32.4 Å². The van der Waals surface area contributed by atoms with E-state index in [4.69, 9.17) is 0 Å². The molecule has 0 aliphatic rings. The van der Waals surface area contributed by atoms with Gasteiger partial charge in [0.15, 0.2) is 9.84 Å². The summed E-state index contributed by atoms with van der Waals surface area (Å²) in [6.07, 6.45) is 0.696. The van der Waals surface area contributed by atoms with Gasteiger partial charge < -0.3 is 5.32 Å². The summed E-state index contributed by atoms with van der Waals surface area (Å²) >= 11 is 1.75. The van der Waals surface area contributed by atoms with E-state index in [1.807, 2.05) is 6.92 Å². The molecule has 1 rings (SSSR count). The highest BCUT2D eigenvalue weighted by Crippen LogP contribution is 2.21. The van der Waals surface area contributed by atoms with Crippen LogP contribution in [0.5, 0.6) is 0 Å². The van der Waals surface area contributed by atoms with E-state index in [2.05, 4.69) is 31.3 Å². The zero-order valence-electron chi connectivity index (χ0n) is 10.7. The van der Waals surface area contributed by atoms with Crippen molar-refractivity contribution in [3.8, 4) is 0 Å². The van der Waals surface area contributed by atoms with Gasteiger partial charge >= 0.3 is 0 Å². The van der Waals surface area contributed by atoms with Crippen LogP contribution in [-0.4, -0.2) is 26.5 Å². The van der Waals surface area contributed by atoms with Gasteiger partial charge in [0.2, 0.25) is 0 Å². The Morgan fingerprint density at radius 2 is 2.06 bits per heavy atom. The highest BCUT2D eigenvalue weighted by molar-refractivity contribution is 7.91. The molecule has 1 aromatic rings. The summed E-state index contributed by atoms with van der Waals surface area (Å²) < 4.78 is 23.0. The maximum atomic E-state index is 11.5. The summed E-state index contributed by atoms with van der Waals surface area (Å²) in [4.78, 5) is 2.54. The number of rotatable bonds is 7. The van der Waals surface area contributed by atoms with Crippen LogP contribution < -0.4 is 5.32 Å². The van der Waals surface area contributed by atoms with Crippen molar-refractivity contribution in [2.75, 3.05) is 18.1 Å². The second-order valence-electron chi connectivity index (χ2n) is 4.28. The van der Waals surface area contributed by atoms with Gasteiger partial charge in [0, 0.05) is 28.1 Å². The summed E-state index contributed by atoms with van der Waals surface area (Å²) in [5.41, 5.74) is 0. The summed E-state index contributed by atoms with van der Waals surface area (Å²) in [7, 11) is -2.86. The van der Waals surface area contributed by atoms with E-state index in [9.17, 15) is 8.42 Å². The van der Waals surface area contributed by atoms with Crippen LogP contribution in [0.1, 0.15) is 36.1 Å². The molecule has 0 saturated carbocycles. The van der Waals surface area contributed by atoms with Crippen molar-refractivity contribution < 1.29 is 8.42 Å². The van der Waals surface area contributed by atoms with Gasteiger partial charge in [-0.1, -0.05) is 6.92 Å². The summed E-state index contributed by atoms with van der Waals surface area (Å²) in [6.45, 7) is 6.56. The van der Waals surface area contributed by atoms with Crippen LogP contribution in [0.25, 0.3) is 0 Å². The molecule has 0 radical (unpaired) electrons. The van der Waals surface area contributed by atoms with Gasteiger partial charge in [-0.2, -0.15) is 0 Å². The molecule has 98 valence electrons. The third kappa shape index (κ3) is 5.19. The Morgan fingerprint density at radius 1 is 1.35 bits per heavy atom. The van der Waals surface area contributed by atoms with Crippen molar-refractivity contribution >= 4 is 21.2 Å². The number of aryl methyl sites for hydroxylation is 1. The van der Waals surface area contributed by atoms with Gasteiger partial charge in [-0.15, -0.1) is 11.3 Å². The molecule has 17 heavy (non-hydrogen) atoms. The maximum absolute atomic E-state index is 11.5. The molecule has 1 atom stereocenters. The van der Waals surface area contributed by atoms with Gasteiger partial charge in [0.25, 0.3) is 0 Å². The fourth-order valence-corrected chi connectivity index (χ4v) is 3.79. The van der Waals surface area contributed by atoms with E-state index in [-0.39, 0.29) is 11.8 Å². The predicted octanol–water partition coefficient (Wildman–Crippen LogP) is 2.53. The second kappa shape index (κ2) is 6.52. The Morgan fingerprint density at radius 3 is 2.59 bits per heavy atom. The molecule has 1 unspecified atom stereocenters. The number of hydrogen-bond acceptors (Lipinski definition) is 4. The molecule has 0 amide bonds. The molecular formula is C12H21NO2S2. The minimum atomic E-state index is -2.86. The topological polar surface area (TPSA) is 46.2 Å². The quantitative estimate of drug-likeness (QED) is 0.832. The van der Waals surface area contributed by atoms with E-state index in [1.165, 1.54) is 9.75 Å². The van der Waals surface area contributed by atoms with E-state index in [1.54, 1.807) is 11.3 Å². The Hall–Kier alpha value is -0.390. The van der Waals surface area contributed by atoms with Gasteiger partial charge in [0.1, 0.15) is 0 Å². The van der Waals surface area contributed by atoms with Crippen molar-refractivity contribution in [2.45, 2.75) is 33.2 Å². The first kappa shape index (κ1) is 14.7. The SMILES string of the molecule is CCCS(=O)(=O)CCNC(C)c1ccc(C)s1. The van der Waals surface area contributed by atoms with E-state index >= 15 is 0 Å². The number of nitrogens with one attached hydrogen (secondary N) is 1. The van der Waals surface area contributed by atoms with Crippen molar-refractivity contribution in [2.24, 2.45) is 0 Å². The molecule has 1 aromatic heterocycles. The highest BCUT2D eigenvalue weighted by atomic mass is 32.2. The lowest BCUT2D eigenvalue weighted by Gasteiger charge is -2.11. The fourth-order valence-electron chi connectivity index (χ4n) is 1.63. The second-order valence-corrected chi connectivity index (χ2v) is 7.90. The third-order valence-corrected chi connectivity index (χ3v) is 5.61. The van der Waals surface area contributed by atoms with Crippen LogP contribution in [-0.2, 0) is 9.84 Å². The lowest BCUT2D eigenvalue weighted by molar-refractivity contribution is 0.575. The molecule has 0 bridgehead atoms. The lowest BCUT2D eigenvalue weighted by atomic mass is 10.3. The maximum Gasteiger partial charge on any atom is 0.151 e. The lowest BCUT2D eigenvalue weighted by Crippen LogP contribution is -2.26. The number of sulfone groups is 1.